The Morgan fingerprint density at radius 2 is 2.11 bits per heavy atom. The molecule has 1 aromatic heterocycles. The zero-order chi connectivity index (χ0) is 13.0. The van der Waals surface area contributed by atoms with Gasteiger partial charge in [-0.15, -0.1) is 0 Å². The molecule has 0 atom stereocenters. The summed E-state index contributed by atoms with van der Waals surface area (Å²) in [6.07, 6.45) is 9.64. The minimum atomic E-state index is 0.654. The van der Waals surface area contributed by atoms with Gasteiger partial charge in [-0.2, -0.15) is 11.8 Å². The van der Waals surface area contributed by atoms with Gasteiger partial charge in [0.25, 0.3) is 0 Å². The van der Waals surface area contributed by atoms with E-state index in [-0.39, 0.29) is 0 Å². The monoisotopic (exact) mass is 267 g/mol. The van der Waals surface area contributed by atoms with Crippen LogP contribution in [0.2, 0.25) is 0 Å². The summed E-state index contributed by atoms with van der Waals surface area (Å²) in [5.41, 5.74) is 7.39. The minimum absolute atomic E-state index is 0.654. The second kappa shape index (κ2) is 6.50. The van der Waals surface area contributed by atoms with E-state index in [4.69, 9.17) is 10.7 Å². The standard InChI is InChI=1S/C14H25N3S/c1-3-17-13(15)12(9-6-10-18-2)16-14(17)11-7-4-5-8-11/h11H,3-10,15H2,1-2H3. The molecule has 0 aliphatic heterocycles. The Bertz CT molecular complexity index is 381. The Labute approximate surface area is 115 Å². The average molecular weight is 267 g/mol. The lowest BCUT2D eigenvalue weighted by atomic mass is 10.1. The highest BCUT2D eigenvalue weighted by Gasteiger charge is 2.24. The van der Waals surface area contributed by atoms with Crippen LogP contribution < -0.4 is 5.73 Å². The molecule has 18 heavy (non-hydrogen) atoms. The maximum atomic E-state index is 6.26. The van der Waals surface area contributed by atoms with Crippen molar-refractivity contribution in [3.8, 4) is 0 Å². The summed E-state index contributed by atoms with van der Waals surface area (Å²) in [5, 5.41) is 0. The number of imidazole rings is 1. The molecular formula is C14H25N3S. The number of nitrogen functional groups attached to an aromatic ring is 1. The minimum Gasteiger partial charge on any atom is -0.384 e. The summed E-state index contributed by atoms with van der Waals surface area (Å²) in [6.45, 7) is 3.12. The fourth-order valence-electron chi connectivity index (χ4n) is 2.93. The van der Waals surface area contributed by atoms with Crippen molar-refractivity contribution >= 4 is 17.6 Å². The predicted molar refractivity (Wildman–Crippen MR) is 80.2 cm³/mol. The van der Waals surface area contributed by atoms with E-state index in [0.717, 1.165) is 24.5 Å². The second-order valence-electron chi connectivity index (χ2n) is 5.12. The largest absolute Gasteiger partial charge is 0.384 e. The normalized spacial score (nSPS) is 16.6. The van der Waals surface area contributed by atoms with Gasteiger partial charge in [-0.05, 0) is 44.6 Å². The third-order valence-electron chi connectivity index (χ3n) is 3.91. The van der Waals surface area contributed by atoms with Crippen molar-refractivity contribution in [1.82, 2.24) is 9.55 Å². The first kappa shape index (κ1) is 13.8. The lowest BCUT2D eigenvalue weighted by Crippen LogP contribution is -2.08. The van der Waals surface area contributed by atoms with Crippen molar-refractivity contribution in [2.45, 2.75) is 57.9 Å². The molecule has 2 rings (SSSR count). The number of thioether (sulfide) groups is 1. The number of anilines is 1. The van der Waals surface area contributed by atoms with E-state index in [1.54, 1.807) is 0 Å². The lowest BCUT2D eigenvalue weighted by Gasteiger charge is -2.11. The molecule has 0 amide bonds. The molecule has 1 aromatic rings. The first-order chi connectivity index (χ1) is 8.77. The maximum Gasteiger partial charge on any atom is 0.126 e. The van der Waals surface area contributed by atoms with Gasteiger partial charge in [0.15, 0.2) is 0 Å². The maximum absolute atomic E-state index is 6.26. The van der Waals surface area contributed by atoms with Crippen molar-refractivity contribution in [2.75, 3.05) is 17.7 Å². The molecule has 0 saturated heterocycles. The van der Waals surface area contributed by atoms with Gasteiger partial charge in [-0.3, -0.25) is 0 Å². The number of hydrogen-bond donors (Lipinski definition) is 1. The van der Waals surface area contributed by atoms with E-state index in [9.17, 15) is 0 Å². The first-order valence-electron chi connectivity index (χ1n) is 7.11. The fourth-order valence-corrected chi connectivity index (χ4v) is 3.36. The first-order valence-corrected chi connectivity index (χ1v) is 8.51. The van der Waals surface area contributed by atoms with Gasteiger partial charge in [0.2, 0.25) is 0 Å². The molecule has 0 bridgehead atoms. The Hall–Kier alpha value is -0.640. The summed E-state index contributed by atoms with van der Waals surface area (Å²) in [5.74, 6) is 4.02. The van der Waals surface area contributed by atoms with Gasteiger partial charge in [-0.1, -0.05) is 12.8 Å². The Morgan fingerprint density at radius 3 is 2.72 bits per heavy atom. The summed E-state index contributed by atoms with van der Waals surface area (Å²) < 4.78 is 2.24. The molecule has 1 aliphatic rings. The van der Waals surface area contributed by atoms with Gasteiger partial charge >= 0.3 is 0 Å². The molecule has 1 aliphatic carbocycles. The highest BCUT2D eigenvalue weighted by Crippen LogP contribution is 2.35. The smallest absolute Gasteiger partial charge is 0.126 e. The van der Waals surface area contributed by atoms with Crippen LogP contribution in [-0.2, 0) is 13.0 Å². The predicted octanol–water partition coefficient (Wildman–Crippen LogP) is 3.44. The molecule has 1 saturated carbocycles. The number of aryl methyl sites for hydroxylation is 1. The topological polar surface area (TPSA) is 43.8 Å². The summed E-state index contributed by atoms with van der Waals surface area (Å²) in [6, 6.07) is 0. The van der Waals surface area contributed by atoms with Crippen LogP contribution in [0.1, 0.15) is 56.5 Å². The van der Waals surface area contributed by atoms with E-state index in [1.165, 1.54) is 43.7 Å². The molecule has 4 heteroatoms. The van der Waals surface area contributed by atoms with Gasteiger partial charge in [0.1, 0.15) is 11.6 Å². The number of rotatable bonds is 6. The zero-order valence-corrected chi connectivity index (χ0v) is 12.4. The highest BCUT2D eigenvalue weighted by atomic mass is 32.2. The Balaban J connectivity index is 2.15. The fraction of sp³-hybridized carbons (Fsp3) is 0.786. The van der Waals surface area contributed by atoms with Crippen LogP contribution in [-0.4, -0.2) is 21.6 Å². The molecule has 1 heterocycles. The van der Waals surface area contributed by atoms with Crippen LogP contribution in [0.3, 0.4) is 0 Å². The van der Waals surface area contributed by atoms with Crippen LogP contribution >= 0.6 is 11.8 Å². The molecule has 2 N–H and O–H groups in total. The van der Waals surface area contributed by atoms with E-state index < -0.39 is 0 Å². The number of aromatic nitrogens is 2. The molecule has 102 valence electrons. The van der Waals surface area contributed by atoms with E-state index in [0.29, 0.717) is 5.92 Å². The number of nitrogens with zero attached hydrogens (tertiary/aromatic N) is 2. The third-order valence-corrected chi connectivity index (χ3v) is 4.61. The van der Waals surface area contributed by atoms with Crippen LogP contribution in [0.5, 0.6) is 0 Å². The molecule has 0 radical (unpaired) electrons. The third kappa shape index (κ3) is 2.85. The Morgan fingerprint density at radius 1 is 1.39 bits per heavy atom. The van der Waals surface area contributed by atoms with E-state index >= 15 is 0 Å². The van der Waals surface area contributed by atoms with Crippen molar-refractivity contribution < 1.29 is 0 Å². The van der Waals surface area contributed by atoms with Crippen LogP contribution in [0.25, 0.3) is 0 Å². The van der Waals surface area contributed by atoms with Crippen LogP contribution in [0.15, 0.2) is 0 Å². The Kier molecular flexibility index (Phi) is 4.98. The van der Waals surface area contributed by atoms with Crippen LogP contribution in [0.4, 0.5) is 5.82 Å². The highest BCUT2D eigenvalue weighted by molar-refractivity contribution is 7.98. The SMILES string of the molecule is CCn1c(C2CCCC2)nc(CCCSC)c1N. The summed E-state index contributed by atoms with van der Waals surface area (Å²) in [7, 11) is 0. The zero-order valence-electron chi connectivity index (χ0n) is 11.6. The summed E-state index contributed by atoms with van der Waals surface area (Å²) >= 11 is 1.89. The van der Waals surface area contributed by atoms with Crippen LogP contribution in [0, 0.1) is 0 Å². The number of hydrogen-bond acceptors (Lipinski definition) is 3. The molecule has 0 unspecified atom stereocenters. The average Bonchev–Trinajstić information content (AvgIpc) is 2.98. The van der Waals surface area contributed by atoms with Gasteiger partial charge in [-0.25, -0.2) is 4.98 Å². The summed E-state index contributed by atoms with van der Waals surface area (Å²) in [4.78, 5) is 4.86. The van der Waals surface area contributed by atoms with Crippen molar-refractivity contribution in [3.63, 3.8) is 0 Å². The van der Waals surface area contributed by atoms with E-state index in [1.807, 2.05) is 11.8 Å². The van der Waals surface area contributed by atoms with E-state index in [2.05, 4.69) is 17.7 Å². The molecule has 1 fully saturated rings. The van der Waals surface area contributed by atoms with Crippen molar-refractivity contribution in [1.29, 1.82) is 0 Å². The number of nitrogens with two attached hydrogens (primary N) is 1. The lowest BCUT2D eigenvalue weighted by molar-refractivity contribution is 0.603. The molecule has 3 nitrogen and oxygen atoms in total. The molecule has 0 aromatic carbocycles. The quantitative estimate of drug-likeness (QED) is 0.803. The van der Waals surface area contributed by atoms with Gasteiger partial charge in [0, 0.05) is 12.5 Å². The van der Waals surface area contributed by atoms with Gasteiger partial charge < -0.3 is 10.3 Å². The molecule has 0 spiro atoms. The second-order valence-corrected chi connectivity index (χ2v) is 6.11. The van der Waals surface area contributed by atoms with Crippen molar-refractivity contribution in [3.05, 3.63) is 11.5 Å². The van der Waals surface area contributed by atoms with Gasteiger partial charge in [0.05, 0.1) is 5.69 Å². The van der Waals surface area contributed by atoms with Crippen molar-refractivity contribution in [2.24, 2.45) is 0 Å². The molecular weight excluding hydrogens is 242 g/mol.